The molecule has 106 valence electrons. The van der Waals surface area contributed by atoms with Crippen molar-refractivity contribution in [3.8, 4) is 0 Å². The van der Waals surface area contributed by atoms with E-state index >= 15 is 0 Å². The average Bonchev–Trinajstić information content (AvgIpc) is 2.43. The van der Waals surface area contributed by atoms with Crippen molar-refractivity contribution in [2.45, 2.75) is 11.5 Å². The van der Waals surface area contributed by atoms with Crippen LogP contribution < -0.4 is 4.89 Å². The van der Waals surface area contributed by atoms with Crippen LogP contribution in [0.1, 0.15) is 5.56 Å². The summed E-state index contributed by atoms with van der Waals surface area (Å²) in [7, 11) is -3.85. The van der Waals surface area contributed by atoms with Crippen LogP contribution in [-0.2, 0) is 21.5 Å². The number of nitrogens with one attached hydrogen (secondary N) is 1. The van der Waals surface area contributed by atoms with Crippen molar-refractivity contribution < 1.29 is 13.3 Å². The molecule has 0 saturated heterocycles. The minimum atomic E-state index is -3.85. The summed E-state index contributed by atoms with van der Waals surface area (Å²) in [5.74, 6) is 0. The molecule has 0 aliphatic rings. The fraction of sp³-hybridized carbons (Fsp3) is 0.0833. The second-order valence-electron chi connectivity index (χ2n) is 3.80. The van der Waals surface area contributed by atoms with Gasteiger partial charge in [-0.2, -0.15) is 0 Å². The largest absolute Gasteiger partial charge is 0.282 e. The summed E-state index contributed by atoms with van der Waals surface area (Å²) >= 11 is 11.3. The molecule has 0 aliphatic heterocycles. The zero-order valence-corrected chi connectivity index (χ0v) is 12.4. The third-order valence-corrected chi connectivity index (χ3v) is 4.20. The molecule has 0 radical (unpaired) electrons. The summed E-state index contributed by atoms with van der Waals surface area (Å²) in [6.07, 6.45) is 1.10. The molecule has 0 saturated carbocycles. The predicted octanol–water partition coefficient (Wildman–Crippen LogP) is 2.80. The Hall–Kier alpha value is -1.18. The van der Waals surface area contributed by atoms with E-state index in [1.165, 1.54) is 6.07 Å². The molecular weight excluding hydrogens is 323 g/mol. The van der Waals surface area contributed by atoms with E-state index in [0.29, 0.717) is 0 Å². The van der Waals surface area contributed by atoms with Crippen LogP contribution in [0.4, 0.5) is 0 Å². The molecule has 2 aromatic rings. The Bertz CT molecular complexity index is 693. The van der Waals surface area contributed by atoms with Crippen LogP contribution in [0.15, 0.2) is 47.5 Å². The van der Waals surface area contributed by atoms with E-state index in [-0.39, 0.29) is 21.7 Å². The van der Waals surface area contributed by atoms with Gasteiger partial charge in [-0.25, -0.2) is 13.4 Å². The van der Waals surface area contributed by atoms with Crippen LogP contribution in [0.2, 0.25) is 10.2 Å². The first-order valence-electron chi connectivity index (χ1n) is 5.47. The Balaban J connectivity index is 2.02. The number of rotatable bonds is 5. The first kappa shape index (κ1) is 15.2. The van der Waals surface area contributed by atoms with E-state index in [9.17, 15) is 8.42 Å². The Morgan fingerprint density at radius 2 is 1.90 bits per heavy atom. The minimum absolute atomic E-state index is 0.0378. The molecule has 1 heterocycles. The second-order valence-corrected chi connectivity index (χ2v) is 6.21. The lowest BCUT2D eigenvalue weighted by Gasteiger charge is -2.07. The molecule has 1 aromatic heterocycles. The molecule has 1 aromatic carbocycles. The van der Waals surface area contributed by atoms with Gasteiger partial charge in [-0.1, -0.05) is 58.4 Å². The first-order valence-corrected chi connectivity index (χ1v) is 7.71. The SMILES string of the molecule is O=S(=O)(NOCc1ccccc1)c1cnc(Cl)c(Cl)c1. The fourth-order valence-electron chi connectivity index (χ4n) is 1.36. The number of hydrogen-bond acceptors (Lipinski definition) is 4. The molecule has 8 heteroatoms. The molecule has 0 spiro atoms. The lowest BCUT2D eigenvalue weighted by molar-refractivity contribution is 0.0795. The minimum Gasteiger partial charge on any atom is -0.282 e. The quantitative estimate of drug-likeness (QED) is 0.675. The molecule has 0 fully saturated rings. The summed E-state index contributed by atoms with van der Waals surface area (Å²) in [6.45, 7) is 0.106. The van der Waals surface area contributed by atoms with Gasteiger partial charge in [-0.15, -0.1) is 0 Å². The third kappa shape index (κ3) is 3.91. The maximum absolute atomic E-state index is 11.9. The van der Waals surface area contributed by atoms with Crippen molar-refractivity contribution in [2.24, 2.45) is 0 Å². The molecule has 0 aliphatic carbocycles. The number of nitrogens with zero attached hydrogens (tertiary/aromatic N) is 1. The Labute approximate surface area is 126 Å². The number of hydrogen-bond donors (Lipinski definition) is 1. The van der Waals surface area contributed by atoms with Crippen molar-refractivity contribution in [1.29, 1.82) is 0 Å². The molecule has 0 unspecified atom stereocenters. The number of pyridine rings is 1. The van der Waals surface area contributed by atoms with Crippen LogP contribution >= 0.6 is 23.2 Å². The lowest BCUT2D eigenvalue weighted by atomic mass is 10.2. The zero-order chi connectivity index (χ0) is 14.6. The highest BCUT2D eigenvalue weighted by atomic mass is 35.5. The highest BCUT2D eigenvalue weighted by Crippen LogP contribution is 2.21. The summed E-state index contributed by atoms with van der Waals surface area (Å²) in [6, 6.07) is 10.3. The number of benzene rings is 1. The van der Waals surface area contributed by atoms with Crippen molar-refractivity contribution >= 4 is 33.2 Å². The number of halogens is 2. The van der Waals surface area contributed by atoms with E-state index < -0.39 is 10.0 Å². The molecule has 0 bridgehead atoms. The van der Waals surface area contributed by atoms with Gasteiger partial charge >= 0.3 is 0 Å². The van der Waals surface area contributed by atoms with Crippen molar-refractivity contribution in [3.63, 3.8) is 0 Å². The third-order valence-electron chi connectivity index (χ3n) is 2.33. The molecule has 5 nitrogen and oxygen atoms in total. The topological polar surface area (TPSA) is 68.3 Å². The highest BCUT2D eigenvalue weighted by molar-refractivity contribution is 7.89. The van der Waals surface area contributed by atoms with E-state index in [0.717, 1.165) is 11.8 Å². The van der Waals surface area contributed by atoms with Gasteiger partial charge in [-0.05, 0) is 11.6 Å². The maximum atomic E-state index is 11.9. The monoisotopic (exact) mass is 332 g/mol. The van der Waals surface area contributed by atoms with Crippen LogP contribution in [0, 0.1) is 0 Å². The van der Waals surface area contributed by atoms with Gasteiger partial charge in [0.1, 0.15) is 10.0 Å². The fourth-order valence-corrected chi connectivity index (χ4v) is 2.47. The predicted molar refractivity (Wildman–Crippen MR) is 75.8 cm³/mol. The van der Waals surface area contributed by atoms with Gasteiger partial charge in [0.25, 0.3) is 10.0 Å². The Morgan fingerprint density at radius 3 is 2.55 bits per heavy atom. The standard InChI is InChI=1S/C12H10Cl2N2O3S/c13-11-6-10(7-15-12(11)14)20(17,18)16-19-8-9-4-2-1-3-5-9/h1-7,16H,8H2. The average molecular weight is 333 g/mol. The summed E-state index contributed by atoms with van der Waals surface area (Å²) in [5.41, 5.74) is 0.836. The summed E-state index contributed by atoms with van der Waals surface area (Å²) < 4.78 is 23.8. The van der Waals surface area contributed by atoms with E-state index in [1.807, 2.05) is 35.2 Å². The van der Waals surface area contributed by atoms with Crippen LogP contribution in [-0.4, -0.2) is 13.4 Å². The summed E-state index contributed by atoms with van der Waals surface area (Å²) in [5, 5.41) is 0.0911. The van der Waals surface area contributed by atoms with Crippen LogP contribution in [0.25, 0.3) is 0 Å². The Morgan fingerprint density at radius 1 is 1.20 bits per heavy atom. The number of sulfonamides is 1. The van der Waals surface area contributed by atoms with E-state index in [2.05, 4.69) is 4.98 Å². The zero-order valence-electron chi connectivity index (χ0n) is 10.1. The number of aromatic nitrogens is 1. The van der Waals surface area contributed by atoms with Gasteiger partial charge in [-0.3, -0.25) is 4.84 Å². The van der Waals surface area contributed by atoms with Crippen LogP contribution in [0.5, 0.6) is 0 Å². The lowest BCUT2D eigenvalue weighted by Crippen LogP contribution is -2.24. The molecule has 1 N–H and O–H groups in total. The summed E-state index contributed by atoms with van der Waals surface area (Å²) in [4.78, 5) is 10.5. The highest BCUT2D eigenvalue weighted by Gasteiger charge is 2.16. The molecular formula is C12H10Cl2N2O3S. The van der Waals surface area contributed by atoms with Gasteiger partial charge in [0.2, 0.25) is 0 Å². The second kappa shape index (κ2) is 6.51. The van der Waals surface area contributed by atoms with Gasteiger partial charge in [0.15, 0.2) is 0 Å². The molecule has 20 heavy (non-hydrogen) atoms. The van der Waals surface area contributed by atoms with Crippen molar-refractivity contribution in [1.82, 2.24) is 9.87 Å². The van der Waals surface area contributed by atoms with Gasteiger partial charge < -0.3 is 0 Å². The van der Waals surface area contributed by atoms with E-state index in [1.54, 1.807) is 0 Å². The Kier molecular flexibility index (Phi) is 4.95. The van der Waals surface area contributed by atoms with Gasteiger partial charge in [0, 0.05) is 6.20 Å². The van der Waals surface area contributed by atoms with E-state index in [4.69, 9.17) is 28.0 Å². The first-order chi connectivity index (χ1) is 9.49. The van der Waals surface area contributed by atoms with Crippen molar-refractivity contribution in [3.05, 3.63) is 58.3 Å². The van der Waals surface area contributed by atoms with Crippen LogP contribution in [0.3, 0.4) is 0 Å². The molecule has 0 amide bonds. The molecule has 2 rings (SSSR count). The smallest absolute Gasteiger partial charge is 0.264 e. The molecule has 0 atom stereocenters. The normalized spacial score (nSPS) is 11.5. The van der Waals surface area contributed by atoms with Crippen molar-refractivity contribution in [2.75, 3.05) is 0 Å². The maximum Gasteiger partial charge on any atom is 0.264 e. The van der Waals surface area contributed by atoms with Gasteiger partial charge in [0.05, 0.1) is 11.6 Å².